The summed E-state index contributed by atoms with van der Waals surface area (Å²) in [6, 6.07) is 0. The molecule has 1 fully saturated rings. The van der Waals surface area contributed by atoms with Crippen LogP contribution in [0.5, 0.6) is 0 Å². The fraction of sp³-hybridized carbons (Fsp3) is 0.842. The van der Waals surface area contributed by atoms with Crippen LogP contribution in [0.2, 0.25) is 0 Å². The zero-order chi connectivity index (χ0) is 15.6. The number of imidazole rings is 1. The zero-order valence-electron chi connectivity index (χ0n) is 14.5. The Kier molecular flexibility index (Phi) is 8.00. The lowest BCUT2D eigenvalue weighted by molar-refractivity contribution is -0.0489. The third-order valence-electron chi connectivity index (χ3n) is 5.10. The maximum atomic E-state index is 6.49. The molecule has 0 aromatic carbocycles. The first-order valence-corrected chi connectivity index (χ1v) is 9.40. The average molecular weight is 306 g/mol. The standard InChI is InChI=1S/C19H34N2O/c1-3-4-11-19(12-8-14-21-15-13-20-16-21)22-17(2)18-9-6-5-7-10-18/h13,15-19H,3-12,14H2,1-2H3. The molecular weight excluding hydrogens is 272 g/mol. The molecule has 22 heavy (non-hydrogen) atoms. The normalized spacial score (nSPS) is 19.2. The smallest absolute Gasteiger partial charge is 0.0945 e. The van der Waals surface area contributed by atoms with Gasteiger partial charge in [-0.15, -0.1) is 0 Å². The van der Waals surface area contributed by atoms with Crippen molar-refractivity contribution in [3.8, 4) is 0 Å². The van der Waals surface area contributed by atoms with E-state index in [1.54, 1.807) is 0 Å². The predicted octanol–water partition coefficient (Wildman–Crippen LogP) is 5.21. The van der Waals surface area contributed by atoms with Crippen molar-refractivity contribution >= 4 is 0 Å². The van der Waals surface area contributed by atoms with Crippen molar-refractivity contribution < 1.29 is 4.74 Å². The van der Waals surface area contributed by atoms with E-state index in [9.17, 15) is 0 Å². The minimum absolute atomic E-state index is 0.440. The van der Waals surface area contributed by atoms with Crippen LogP contribution in [0.3, 0.4) is 0 Å². The molecule has 1 aliphatic rings. The molecule has 0 radical (unpaired) electrons. The van der Waals surface area contributed by atoms with E-state index < -0.39 is 0 Å². The molecule has 126 valence electrons. The van der Waals surface area contributed by atoms with Crippen molar-refractivity contribution in [1.82, 2.24) is 9.55 Å². The second-order valence-electron chi connectivity index (χ2n) is 6.95. The molecule has 0 bridgehead atoms. The Hall–Kier alpha value is -0.830. The lowest BCUT2D eigenvalue weighted by Crippen LogP contribution is -2.28. The summed E-state index contributed by atoms with van der Waals surface area (Å²) in [5.74, 6) is 0.798. The molecule has 1 aromatic rings. The minimum atomic E-state index is 0.440. The minimum Gasteiger partial charge on any atom is -0.375 e. The highest BCUT2D eigenvalue weighted by Crippen LogP contribution is 2.29. The lowest BCUT2D eigenvalue weighted by atomic mass is 9.85. The Morgan fingerprint density at radius 3 is 2.64 bits per heavy atom. The first-order chi connectivity index (χ1) is 10.8. The van der Waals surface area contributed by atoms with Gasteiger partial charge in [-0.25, -0.2) is 4.98 Å². The van der Waals surface area contributed by atoms with Crippen LogP contribution in [-0.4, -0.2) is 21.8 Å². The van der Waals surface area contributed by atoms with Crippen LogP contribution in [0.1, 0.15) is 78.1 Å². The van der Waals surface area contributed by atoms with Crippen LogP contribution in [-0.2, 0) is 11.3 Å². The first kappa shape index (κ1) is 17.5. The van der Waals surface area contributed by atoms with Crippen LogP contribution in [0.15, 0.2) is 18.7 Å². The van der Waals surface area contributed by atoms with Crippen LogP contribution in [0.25, 0.3) is 0 Å². The molecule has 2 atom stereocenters. The molecule has 1 saturated carbocycles. The summed E-state index contributed by atoms with van der Waals surface area (Å²) in [6.45, 7) is 5.64. The summed E-state index contributed by atoms with van der Waals surface area (Å²) < 4.78 is 8.65. The van der Waals surface area contributed by atoms with Gasteiger partial charge >= 0.3 is 0 Å². The highest BCUT2D eigenvalue weighted by Gasteiger charge is 2.23. The molecule has 0 aliphatic heterocycles. The van der Waals surface area contributed by atoms with E-state index >= 15 is 0 Å². The molecule has 2 unspecified atom stereocenters. The number of hydrogen-bond acceptors (Lipinski definition) is 2. The molecule has 0 N–H and O–H groups in total. The van der Waals surface area contributed by atoms with E-state index in [1.807, 2.05) is 18.7 Å². The Balaban J connectivity index is 1.74. The molecule has 1 aliphatic carbocycles. The summed E-state index contributed by atoms with van der Waals surface area (Å²) in [4.78, 5) is 4.11. The van der Waals surface area contributed by atoms with Gasteiger partial charge < -0.3 is 9.30 Å². The van der Waals surface area contributed by atoms with Crippen LogP contribution < -0.4 is 0 Å². The molecule has 1 heterocycles. The lowest BCUT2D eigenvalue weighted by Gasteiger charge is -2.31. The van der Waals surface area contributed by atoms with Gasteiger partial charge in [0.1, 0.15) is 0 Å². The largest absolute Gasteiger partial charge is 0.375 e. The Morgan fingerprint density at radius 1 is 1.18 bits per heavy atom. The Labute approximate surface area is 136 Å². The quantitative estimate of drug-likeness (QED) is 0.593. The third-order valence-corrected chi connectivity index (χ3v) is 5.10. The van der Waals surface area contributed by atoms with Crippen LogP contribution in [0, 0.1) is 5.92 Å². The second-order valence-corrected chi connectivity index (χ2v) is 6.95. The third kappa shape index (κ3) is 6.12. The summed E-state index contributed by atoms with van der Waals surface area (Å²) in [7, 11) is 0. The van der Waals surface area contributed by atoms with E-state index in [4.69, 9.17) is 4.74 Å². The van der Waals surface area contributed by atoms with Gasteiger partial charge in [0.2, 0.25) is 0 Å². The van der Waals surface area contributed by atoms with Crippen LogP contribution >= 0.6 is 0 Å². The van der Waals surface area contributed by atoms with Gasteiger partial charge in [0, 0.05) is 18.9 Å². The molecule has 2 rings (SSSR count). The van der Waals surface area contributed by atoms with Crippen molar-refractivity contribution in [3.63, 3.8) is 0 Å². The second kappa shape index (κ2) is 10.0. The Morgan fingerprint density at radius 2 is 1.95 bits per heavy atom. The SMILES string of the molecule is CCCCC(CCCn1ccnc1)OC(C)C1CCCCC1. The molecule has 0 spiro atoms. The molecule has 3 nitrogen and oxygen atoms in total. The number of rotatable bonds is 10. The van der Waals surface area contributed by atoms with Crippen LogP contribution in [0.4, 0.5) is 0 Å². The predicted molar refractivity (Wildman–Crippen MR) is 91.9 cm³/mol. The van der Waals surface area contributed by atoms with Gasteiger partial charge in [0.05, 0.1) is 18.5 Å². The van der Waals surface area contributed by atoms with E-state index in [1.165, 1.54) is 64.2 Å². The summed E-state index contributed by atoms with van der Waals surface area (Å²) in [5, 5.41) is 0. The van der Waals surface area contributed by atoms with Gasteiger partial charge in [0.15, 0.2) is 0 Å². The van der Waals surface area contributed by atoms with E-state index in [0.717, 1.165) is 12.5 Å². The Bertz CT molecular complexity index is 371. The monoisotopic (exact) mass is 306 g/mol. The average Bonchev–Trinajstić information content (AvgIpc) is 3.06. The maximum Gasteiger partial charge on any atom is 0.0945 e. The highest BCUT2D eigenvalue weighted by molar-refractivity contribution is 4.75. The van der Waals surface area contributed by atoms with Crippen molar-refractivity contribution in [1.29, 1.82) is 0 Å². The van der Waals surface area contributed by atoms with E-state index in [2.05, 4.69) is 23.4 Å². The molecule has 3 heteroatoms. The van der Waals surface area contributed by atoms with Crippen molar-refractivity contribution in [2.75, 3.05) is 0 Å². The maximum absolute atomic E-state index is 6.49. The number of aromatic nitrogens is 2. The summed E-state index contributed by atoms with van der Waals surface area (Å²) in [6.07, 6.45) is 19.8. The number of nitrogens with zero attached hydrogens (tertiary/aromatic N) is 2. The number of hydrogen-bond donors (Lipinski definition) is 0. The number of ether oxygens (including phenoxy) is 1. The topological polar surface area (TPSA) is 27.1 Å². The van der Waals surface area contributed by atoms with E-state index in [-0.39, 0.29) is 0 Å². The zero-order valence-corrected chi connectivity index (χ0v) is 14.5. The van der Waals surface area contributed by atoms with Gasteiger partial charge in [0.25, 0.3) is 0 Å². The first-order valence-electron chi connectivity index (χ1n) is 9.40. The number of aryl methyl sites for hydroxylation is 1. The van der Waals surface area contributed by atoms with Gasteiger partial charge in [-0.05, 0) is 44.9 Å². The summed E-state index contributed by atoms with van der Waals surface area (Å²) in [5.41, 5.74) is 0. The highest BCUT2D eigenvalue weighted by atomic mass is 16.5. The number of unbranched alkanes of at least 4 members (excludes halogenated alkanes) is 1. The van der Waals surface area contributed by atoms with Crippen molar-refractivity contribution in [2.45, 2.75) is 96.8 Å². The van der Waals surface area contributed by atoms with Gasteiger partial charge in [-0.3, -0.25) is 0 Å². The fourth-order valence-corrected chi connectivity index (χ4v) is 3.65. The van der Waals surface area contributed by atoms with Gasteiger partial charge in [-0.2, -0.15) is 0 Å². The molecule has 1 aromatic heterocycles. The fourth-order valence-electron chi connectivity index (χ4n) is 3.65. The summed E-state index contributed by atoms with van der Waals surface area (Å²) >= 11 is 0. The van der Waals surface area contributed by atoms with Crippen molar-refractivity contribution in [3.05, 3.63) is 18.7 Å². The van der Waals surface area contributed by atoms with Gasteiger partial charge in [-0.1, -0.05) is 39.0 Å². The molecule has 0 saturated heterocycles. The van der Waals surface area contributed by atoms with E-state index in [0.29, 0.717) is 12.2 Å². The molecular formula is C19H34N2O. The van der Waals surface area contributed by atoms with Crippen molar-refractivity contribution in [2.24, 2.45) is 5.92 Å². The molecule has 0 amide bonds.